The van der Waals surface area contributed by atoms with E-state index in [1.807, 2.05) is 0 Å². The van der Waals surface area contributed by atoms with Gasteiger partial charge in [0.05, 0.1) is 22.4 Å². The Morgan fingerprint density at radius 3 is 2.93 bits per heavy atom. The van der Waals surface area contributed by atoms with E-state index in [9.17, 15) is 14.3 Å². The third kappa shape index (κ3) is 3.47. The summed E-state index contributed by atoms with van der Waals surface area (Å²) in [6, 6.07) is 6.87. The number of nitrogens with zero attached hydrogens (tertiary/aromatic N) is 4. The van der Waals surface area contributed by atoms with Crippen LogP contribution < -0.4 is 21.7 Å². The summed E-state index contributed by atoms with van der Waals surface area (Å²) in [5.74, 6) is -0.330. The number of rotatable bonds is 4. The van der Waals surface area contributed by atoms with Crippen LogP contribution >= 0.6 is 15.9 Å². The fourth-order valence-corrected chi connectivity index (χ4v) is 3.36. The van der Waals surface area contributed by atoms with Crippen LogP contribution in [0.3, 0.4) is 0 Å². The lowest BCUT2D eigenvalue weighted by molar-refractivity contribution is 0.454. The molecule has 1 fully saturated rings. The maximum Gasteiger partial charge on any atom is 0.326 e. The number of nitrogens with one attached hydrogen (secondary N) is 3. The van der Waals surface area contributed by atoms with Gasteiger partial charge in [-0.25, -0.2) is 14.2 Å². The van der Waals surface area contributed by atoms with Crippen molar-refractivity contribution in [2.45, 2.75) is 18.9 Å². The fourth-order valence-electron chi connectivity index (χ4n) is 3.00. The Kier molecular flexibility index (Phi) is 4.39. The summed E-state index contributed by atoms with van der Waals surface area (Å²) >= 11 is 3.18. The molecular formula is C19H15BrFN7O2. The van der Waals surface area contributed by atoms with E-state index in [-0.39, 0.29) is 23.3 Å². The number of hydrogen-bond donors (Lipinski definition) is 4. The standard InChI is InChI=1S/C19H15BrFN7O2/c20-11-2-1-3-12(16(11)21)24-14-7-15(23-10-4-5-10)28-17(26-14)9(8-22-28)6-13-18(29)27-19(30)25-13/h1-3,6-8,10,24,29H,4-5H2,(H2,25,27,30). The molecule has 152 valence electrons. The second-order valence-corrected chi connectivity index (χ2v) is 7.76. The Balaban J connectivity index is 1.69. The molecule has 0 saturated heterocycles. The molecule has 4 aromatic rings. The molecule has 0 spiro atoms. The maximum atomic E-state index is 14.4. The summed E-state index contributed by atoms with van der Waals surface area (Å²) in [6.07, 6.45) is 5.12. The molecule has 1 aliphatic carbocycles. The van der Waals surface area contributed by atoms with Gasteiger partial charge in [-0.1, -0.05) is 6.07 Å². The van der Waals surface area contributed by atoms with Crippen molar-refractivity contribution in [3.63, 3.8) is 0 Å². The quantitative estimate of drug-likeness (QED) is 0.360. The van der Waals surface area contributed by atoms with Crippen molar-refractivity contribution in [3.8, 4) is 5.88 Å². The zero-order valence-electron chi connectivity index (χ0n) is 15.4. The van der Waals surface area contributed by atoms with E-state index >= 15 is 0 Å². The van der Waals surface area contributed by atoms with Crippen molar-refractivity contribution >= 4 is 39.2 Å². The first kappa shape index (κ1) is 18.6. The molecule has 0 amide bonds. The third-order valence-corrected chi connectivity index (χ3v) is 5.20. The lowest BCUT2D eigenvalue weighted by Crippen LogP contribution is -2.20. The number of imidazole rings is 1. The van der Waals surface area contributed by atoms with Crippen molar-refractivity contribution in [3.05, 3.63) is 67.6 Å². The minimum absolute atomic E-state index is 0.203. The van der Waals surface area contributed by atoms with Gasteiger partial charge in [0.25, 0.3) is 0 Å². The van der Waals surface area contributed by atoms with Gasteiger partial charge in [0.1, 0.15) is 11.5 Å². The van der Waals surface area contributed by atoms with Crippen molar-refractivity contribution in [1.29, 1.82) is 0 Å². The van der Waals surface area contributed by atoms with Crippen molar-refractivity contribution < 1.29 is 9.50 Å². The summed E-state index contributed by atoms with van der Waals surface area (Å²) in [6.45, 7) is 0. The molecule has 1 aliphatic rings. The van der Waals surface area contributed by atoms with Gasteiger partial charge in [0.15, 0.2) is 17.0 Å². The first-order chi connectivity index (χ1) is 14.5. The van der Waals surface area contributed by atoms with Gasteiger partial charge in [-0.15, -0.1) is 0 Å². The lowest BCUT2D eigenvalue weighted by atomic mass is 10.3. The fraction of sp³-hybridized carbons (Fsp3) is 0.158. The summed E-state index contributed by atoms with van der Waals surface area (Å²) in [4.78, 5) is 25.4. The highest BCUT2D eigenvalue weighted by atomic mass is 79.9. The van der Waals surface area contributed by atoms with E-state index in [0.29, 0.717) is 26.6 Å². The molecule has 5 rings (SSSR count). The van der Waals surface area contributed by atoms with Crippen molar-refractivity contribution in [2.24, 2.45) is 4.99 Å². The number of anilines is 2. The van der Waals surface area contributed by atoms with E-state index in [0.717, 1.165) is 12.8 Å². The monoisotopic (exact) mass is 471 g/mol. The molecule has 1 saturated carbocycles. The minimum atomic E-state index is -0.528. The van der Waals surface area contributed by atoms with Crippen molar-refractivity contribution in [1.82, 2.24) is 24.6 Å². The van der Waals surface area contributed by atoms with Crippen LogP contribution in [0, 0.1) is 5.82 Å². The Labute approximate surface area is 176 Å². The van der Waals surface area contributed by atoms with Crippen LogP contribution in [-0.4, -0.2) is 35.7 Å². The van der Waals surface area contributed by atoms with Gasteiger partial charge in [-0.3, -0.25) is 9.98 Å². The van der Waals surface area contributed by atoms with Crippen LogP contribution in [0.2, 0.25) is 0 Å². The van der Waals surface area contributed by atoms with Crippen molar-refractivity contribution in [2.75, 3.05) is 5.32 Å². The highest BCUT2D eigenvalue weighted by Crippen LogP contribution is 2.25. The molecule has 0 atom stereocenters. The summed E-state index contributed by atoms with van der Waals surface area (Å²) in [7, 11) is 0. The smallest absolute Gasteiger partial charge is 0.326 e. The van der Waals surface area contributed by atoms with Crippen LogP contribution in [0.15, 0.2) is 44.7 Å². The van der Waals surface area contributed by atoms with Crippen LogP contribution in [0.4, 0.5) is 15.9 Å². The molecule has 1 aromatic carbocycles. The van der Waals surface area contributed by atoms with E-state index in [2.05, 4.69) is 46.3 Å². The first-order valence-electron chi connectivity index (χ1n) is 9.14. The summed E-state index contributed by atoms with van der Waals surface area (Å²) in [5, 5.41) is 17.7. The summed E-state index contributed by atoms with van der Waals surface area (Å²) in [5.41, 5.74) is 0.952. The van der Waals surface area contributed by atoms with Gasteiger partial charge in [0, 0.05) is 11.3 Å². The van der Waals surface area contributed by atoms with Crippen LogP contribution in [0.5, 0.6) is 5.88 Å². The molecule has 0 unspecified atom stereocenters. The normalized spacial score (nSPS) is 15.3. The lowest BCUT2D eigenvalue weighted by Gasteiger charge is -2.08. The number of fused-ring (bicyclic) bond motifs is 1. The highest BCUT2D eigenvalue weighted by molar-refractivity contribution is 9.10. The van der Waals surface area contributed by atoms with E-state index in [1.165, 1.54) is 0 Å². The van der Waals surface area contributed by atoms with Crippen LogP contribution in [0.25, 0.3) is 11.7 Å². The van der Waals surface area contributed by atoms with Gasteiger partial charge in [-0.2, -0.15) is 9.61 Å². The SMILES string of the molecule is O=c1[nH]c(O)c(C=c2cnn3c(=NC4CC4)cc(Nc4cccc(Br)c4F)nc23)[nH]1. The number of H-pyrrole nitrogens is 2. The topological polar surface area (TPSA) is 123 Å². The number of halogens is 2. The van der Waals surface area contributed by atoms with E-state index < -0.39 is 11.5 Å². The number of hydrogen-bond acceptors (Lipinski definition) is 6. The number of aromatic nitrogens is 5. The van der Waals surface area contributed by atoms with Gasteiger partial charge in [-0.05, 0) is 47.0 Å². The summed E-state index contributed by atoms with van der Waals surface area (Å²) < 4.78 is 16.3. The Morgan fingerprint density at radius 2 is 2.20 bits per heavy atom. The molecule has 3 heterocycles. The van der Waals surface area contributed by atoms with Crippen LogP contribution in [0.1, 0.15) is 18.5 Å². The predicted octanol–water partition coefficient (Wildman–Crippen LogP) is 1.71. The Bertz CT molecular complexity index is 1450. The van der Waals surface area contributed by atoms with Crippen LogP contribution in [-0.2, 0) is 0 Å². The first-order valence-corrected chi connectivity index (χ1v) is 9.94. The Hall–Kier alpha value is -3.47. The molecule has 9 nitrogen and oxygen atoms in total. The third-order valence-electron chi connectivity index (χ3n) is 4.59. The molecule has 0 aliphatic heterocycles. The average molecular weight is 472 g/mol. The second-order valence-electron chi connectivity index (χ2n) is 6.91. The van der Waals surface area contributed by atoms with Gasteiger partial charge in [0.2, 0.25) is 5.88 Å². The molecule has 30 heavy (non-hydrogen) atoms. The molecule has 3 aromatic heterocycles. The van der Waals surface area contributed by atoms with Gasteiger partial charge < -0.3 is 15.4 Å². The average Bonchev–Trinajstić information content (AvgIpc) is 3.34. The molecule has 11 heteroatoms. The molecule has 0 radical (unpaired) electrons. The number of aromatic amines is 2. The second kappa shape index (κ2) is 7.10. The van der Waals surface area contributed by atoms with Gasteiger partial charge >= 0.3 is 5.69 Å². The maximum absolute atomic E-state index is 14.4. The molecule has 0 bridgehead atoms. The van der Waals surface area contributed by atoms with E-state index in [1.54, 1.807) is 41.1 Å². The van der Waals surface area contributed by atoms with E-state index in [4.69, 9.17) is 0 Å². The number of benzene rings is 1. The molecular weight excluding hydrogens is 457 g/mol. The largest absolute Gasteiger partial charge is 0.493 e. The zero-order chi connectivity index (χ0) is 20.8. The zero-order valence-corrected chi connectivity index (χ0v) is 16.9. The Morgan fingerprint density at radius 1 is 1.37 bits per heavy atom. The molecule has 4 N–H and O–H groups in total. The number of aromatic hydroxyl groups is 1. The highest BCUT2D eigenvalue weighted by Gasteiger charge is 2.20. The predicted molar refractivity (Wildman–Crippen MR) is 111 cm³/mol. The minimum Gasteiger partial charge on any atom is -0.493 e.